The molecule has 0 aliphatic heterocycles. The fraction of sp³-hybridized carbons (Fsp3) is 0.750. The SMILES string of the molecule is CO/N=C\[C@@H]1[C@@H](C(=O)O)C1(C)C. The van der Waals surface area contributed by atoms with E-state index in [1.165, 1.54) is 7.11 Å². The Labute approximate surface area is 71.2 Å². The number of aliphatic carboxylic acids is 1. The van der Waals surface area contributed by atoms with E-state index in [1.807, 2.05) is 13.8 Å². The first-order valence-electron chi connectivity index (χ1n) is 3.81. The first-order valence-corrected chi connectivity index (χ1v) is 3.81. The van der Waals surface area contributed by atoms with Crippen LogP contribution in [-0.4, -0.2) is 24.4 Å². The molecule has 0 bridgehead atoms. The molecule has 1 fully saturated rings. The summed E-state index contributed by atoms with van der Waals surface area (Å²) < 4.78 is 0. The Morgan fingerprint density at radius 2 is 2.25 bits per heavy atom. The smallest absolute Gasteiger partial charge is 0.307 e. The molecule has 0 radical (unpaired) electrons. The highest BCUT2D eigenvalue weighted by molar-refractivity contribution is 5.84. The Morgan fingerprint density at radius 3 is 2.58 bits per heavy atom. The molecule has 2 atom stereocenters. The molecule has 1 rings (SSSR count). The third kappa shape index (κ3) is 1.29. The first kappa shape index (κ1) is 9.03. The van der Waals surface area contributed by atoms with Gasteiger partial charge in [0.05, 0.1) is 5.92 Å². The minimum atomic E-state index is -0.757. The minimum Gasteiger partial charge on any atom is -0.481 e. The summed E-state index contributed by atoms with van der Waals surface area (Å²) in [5.74, 6) is -1.06. The number of nitrogens with zero attached hydrogens (tertiary/aromatic N) is 1. The maximum absolute atomic E-state index is 10.6. The molecule has 0 unspecified atom stereocenters. The number of hydrogen-bond donors (Lipinski definition) is 1. The third-order valence-electron chi connectivity index (χ3n) is 2.50. The van der Waals surface area contributed by atoms with Crippen LogP contribution in [0, 0.1) is 17.3 Å². The van der Waals surface area contributed by atoms with Crippen molar-refractivity contribution in [2.75, 3.05) is 7.11 Å². The van der Waals surface area contributed by atoms with Crippen molar-refractivity contribution in [3.8, 4) is 0 Å². The topological polar surface area (TPSA) is 58.9 Å². The second kappa shape index (κ2) is 2.77. The van der Waals surface area contributed by atoms with Crippen molar-refractivity contribution in [2.45, 2.75) is 13.8 Å². The van der Waals surface area contributed by atoms with Crippen molar-refractivity contribution < 1.29 is 14.7 Å². The van der Waals surface area contributed by atoms with E-state index in [1.54, 1.807) is 6.21 Å². The Hall–Kier alpha value is -1.06. The zero-order chi connectivity index (χ0) is 9.35. The average Bonchev–Trinajstić information content (AvgIpc) is 2.49. The summed E-state index contributed by atoms with van der Waals surface area (Å²) in [6.07, 6.45) is 1.57. The molecule has 68 valence electrons. The van der Waals surface area contributed by atoms with Crippen molar-refractivity contribution in [1.82, 2.24) is 0 Å². The van der Waals surface area contributed by atoms with Gasteiger partial charge in [-0.25, -0.2) is 0 Å². The van der Waals surface area contributed by atoms with Gasteiger partial charge in [0.2, 0.25) is 0 Å². The second-order valence-electron chi connectivity index (χ2n) is 3.60. The number of oxime groups is 1. The monoisotopic (exact) mass is 171 g/mol. The lowest BCUT2D eigenvalue weighted by atomic mass is 10.1. The molecule has 1 N–H and O–H groups in total. The van der Waals surface area contributed by atoms with Crippen LogP contribution in [0.3, 0.4) is 0 Å². The van der Waals surface area contributed by atoms with E-state index in [0.717, 1.165) is 0 Å². The zero-order valence-electron chi connectivity index (χ0n) is 7.44. The molecule has 0 spiro atoms. The summed E-state index contributed by atoms with van der Waals surface area (Å²) in [6, 6.07) is 0. The van der Waals surface area contributed by atoms with Crippen molar-refractivity contribution in [1.29, 1.82) is 0 Å². The van der Waals surface area contributed by atoms with Gasteiger partial charge in [-0.2, -0.15) is 0 Å². The summed E-state index contributed by atoms with van der Waals surface area (Å²) in [5, 5.41) is 12.3. The van der Waals surface area contributed by atoms with Gasteiger partial charge in [-0.1, -0.05) is 19.0 Å². The van der Waals surface area contributed by atoms with E-state index in [2.05, 4.69) is 9.99 Å². The number of carboxylic acid groups (broad SMARTS) is 1. The summed E-state index contributed by atoms with van der Waals surface area (Å²) in [7, 11) is 1.45. The van der Waals surface area contributed by atoms with Crippen molar-refractivity contribution in [2.24, 2.45) is 22.4 Å². The summed E-state index contributed by atoms with van der Waals surface area (Å²) >= 11 is 0. The molecule has 0 heterocycles. The standard InChI is InChI=1S/C8H13NO3/c1-8(2)5(4-9-12-3)6(8)7(10)11/h4-6H,1-3H3,(H,10,11)/b9-4-/t5-,6+/m1/s1. The third-order valence-corrected chi connectivity index (χ3v) is 2.50. The van der Waals surface area contributed by atoms with Crippen molar-refractivity contribution in [3.05, 3.63) is 0 Å². The second-order valence-corrected chi connectivity index (χ2v) is 3.60. The predicted molar refractivity (Wildman–Crippen MR) is 43.9 cm³/mol. The molecule has 1 aliphatic rings. The van der Waals surface area contributed by atoms with Crippen LogP contribution < -0.4 is 0 Å². The van der Waals surface area contributed by atoms with E-state index in [-0.39, 0.29) is 17.3 Å². The van der Waals surface area contributed by atoms with Gasteiger partial charge in [0.25, 0.3) is 0 Å². The molecular weight excluding hydrogens is 158 g/mol. The predicted octanol–water partition coefficient (Wildman–Crippen LogP) is 0.975. The molecule has 4 heteroatoms. The molecular formula is C8H13NO3. The van der Waals surface area contributed by atoms with E-state index >= 15 is 0 Å². The van der Waals surface area contributed by atoms with Gasteiger partial charge in [-0.05, 0) is 5.41 Å². The highest BCUT2D eigenvalue weighted by atomic mass is 16.6. The minimum absolute atomic E-state index is 0.00921. The molecule has 0 aromatic rings. The first-order chi connectivity index (χ1) is 5.51. The lowest BCUT2D eigenvalue weighted by Crippen LogP contribution is -2.03. The quantitative estimate of drug-likeness (QED) is 0.508. The summed E-state index contributed by atoms with van der Waals surface area (Å²) in [5.41, 5.74) is -0.173. The lowest BCUT2D eigenvalue weighted by Gasteiger charge is -1.95. The van der Waals surface area contributed by atoms with Gasteiger partial charge in [-0.3, -0.25) is 4.79 Å². The normalized spacial score (nSPS) is 31.9. The van der Waals surface area contributed by atoms with Crippen LogP contribution >= 0.6 is 0 Å². The number of rotatable bonds is 3. The number of carbonyl (C=O) groups is 1. The molecule has 0 aromatic heterocycles. The van der Waals surface area contributed by atoms with Gasteiger partial charge in [0.1, 0.15) is 7.11 Å². The highest BCUT2D eigenvalue weighted by Gasteiger charge is 2.61. The molecule has 1 aliphatic carbocycles. The molecule has 4 nitrogen and oxygen atoms in total. The molecule has 1 saturated carbocycles. The van der Waals surface area contributed by atoms with Gasteiger partial charge in [0, 0.05) is 12.1 Å². The van der Waals surface area contributed by atoms with Crippen molar-refractivity contribution >= 4 is 12.2 Å². The maximum Gasteiger partial charge on any atom is 0.307 e. The number of hydrogen-bond acceptors (Lipinski definition) is 3. The highest BCUT2D eigenvalue weighted by Crippen LogP contribution is 2.57. The van der Waals surface area contributed by atoms with Crippen LogP contribution in [0.4, 0.5) is 0 Å². The van der Waals surface area contributed by atoms with Crippen LogP contribution in [-0.2, 0) is 9.63 Å². The van der Waals surface area contributed by atoms with Crippen molar-refractivity contribution in [3.63, 3.8) is 0 Å². The zero-order valence-corrected chi connectivity index (χ0v) is 7.44. The maximum atomic E-state index is 10.6. The van der Waals surface area contributed by atoms with Crippen LogP contribution in [0.5, 0.6) is 0 Å². The largest absolute Gasteiger partial charge is 0.481 e. The average molecular weight is 171 g/mol. The molecule has 12 heavy (non-hydrogen) atoms. The summed E-state index contributed by atoms with van der Waals surface area (Å²) in [6.45, 7) is 3.83. The van der Waals surface area contributed by atoms with E-state index in [9.17, 15) is 4.79 Å². The molecule has 0 aromatic carbocycles. The van der Waals surface area contributed by atoms with Gasteiger partial charge in [0.15, 0.2) is 0 Å². The number of carboxylic acids is 1. The van der Waals surface area contributed by atoms with Gasteiger partial charge >= 0.3 is 5.97 Å². The molecule has 0 saturated heterocycles. The fourth-order valence-corrected chi connectivity index (χ4v) is 1.55. The lowest BCUT2D eigenvalue weighted by molar-refractivity contribution is -0.139. The van der Waals surface area contributed by atoms with E-state index < -0.39 is 5.97 Å². The van der Waals surface area contributed by atoms with Gasteiger partial charge < -0.3 is 9.94 Å². The van der Waals surface area contributed by atoms with E-state index in [4.69, 9.17) is 5.11 Å². The van der Waals surface area contributed by atoms with E-state index in [0.29, 0.717) is 0 Å². The van der Waals surface area contributed by atoms with Crippen LogP contribution in [0.1, 0.15) is 13.8 Å². The van der Waals surface area contributed by atoms with Crippen LogP contribution in [0.15, 0.2) is 5.16 Å². The Bertz CT molecular complexity index is 222. The fourth-order valence-electron chi connectivity index (χ4n) is 1.55. The summed E-state index contributed by atoms with van der Waals surface area (Å²) in [4.78, 5) is 15.1. The van der Waals surface area contributed by atoms with Gasteiger partial charge in [-0.15, -0.1) is 0 Å². The van der Waals surface area contributed by atoms with Crippen LogP contribution in [0.25, 0.3) is 0 Å². The van der Waals surface area contributed by atoms with Crippen LogP contribution in [0.2, 0.25) is 0 Å². The molecule has 0 amide bonds. The Morgan fingerprint density at radius 1 is 1.67 bits per heavy atom. The Kier molecular flexibility index (Phi) is 2.08. The Balaban J connectivity index is 2.60.